The third-order valence-electron chi connectivity index (χ3n) is 8.93. The molecule has 0 bridgehead atoms. The lowest BCUT2D eigenvalue weighted by molar-refractivity contribution is -0.155. The van der Waals surface area contributed by atoms with Gasteiger partial charge in [-0.15, -0.1) is 0 Å². The molecule has 1 spiro atoms. The van der Waals surface area contributed by atoms with Crippen LogP contribution in [-0.4, -0.2) is 81.5 Å². The van der Waals surface area contributed by atoms with Crippen LogP contribution in [-0.2, 0) is 16.0 Å². The van der Waals surface area contributed by atoms with Crippen LogP contribution >= 0.6 is 0 Å². The molecule has 11 heteroatoms. The highest BCUT2D eigenvalue weighted by molar-refractivity contribution is 6.25. The summed E-state index contributed by atoms with van der Waals surface area (Å²) >= 11 is 0. The quantitative estimate of drug-likeness (QED) is 0.432. The third kappa shape index (κ3) is 2.67. The number of nitrogens with two attached hydrogens (primary N) is 1. The van der Waals surface area contributed by atoms with Crippen molar-refractivity contribution in [2.75, 3.05) is 32.6 Å². The predicted octanol–water partition coefficient (Wildman–Crippen LogP) is 1.16. The zero-order valence-corrected chi connectivity index (χ0v) is 20.7. The third-order valence-corrected chi connectivity index (χ3v) is 8.93. The molecule has 194 valence electrons. The second kappa shape index (κ2) is 7.42. The summed E-state index contributed by atoms with van der Waals surface area (Å²) in [5.41, 5.74) is 3.21. The van der Waals surface area contributed by atoms with E-state index in [-0.39, 0.29) is 23.1 Å². The number of allylic oxidation sites excluding steroid dienone is 1. The number of hydrogen-bond donors (Lipinski definition) is 4. The van der Waals surface area contributed by atoms with Gasteiger partial charge in [-0.05, 0) is 56.8 Å². The Bertz CT molecular complexity index is 1490. The average molecular weight is 509 g/mol. The van der Waals surface area contributed by atoms with E-state index in [1.807, 2.05) is 25.1 Å². The molecule has 11 nitrogen and oxygen atoms in total. The fourth-order valence-corrected chi connectivity index (χ4v) is 7.30. The van der Waals surface area contributed by atoms with Gasteiger partial charge in [-0.25, -0.2) is 4.98 Å². The van der Waals surface area contributed by atoms with Crippen LogP contribution in [0.5, 0.6) is 0 Å². The first-order valence-electron chi connectivity index (χ1n) is 12.2. The van der Waals surface area contributed by atoms with Gasteiger partial charge in [-0.3, -0.25) is 19.3 Å². The number of fused-ring (bicyclic) bond motifs is 6. The number of carbonyl (C=O) groups excluding carboxylic acids is 3. The van der Waals surface area contributed by atoms with Crippen LogP contribution in [0.25, 0.3) is 11.1 Å². The number of primary amides is 1. The molecule has 2 aromatic rings. The number of likely N-dealkylation sites (N-methyl/N-ethyl adjacent to an activating group) is 1. The monoisotopic (exact) mass is 508 g/mol. The summed E-state index contributed by atoms with van der Waals surface area (Å²) in [6, 6.07) is 1.84. The highest BCUT2D eigenvalue weighted by Gasteiger charge is 2.69. The molecule has 0 saturated carbocycles. The predicted molar refractivity (Wildman–Crippen MR) is 131 cm³/mol. The zero-order valence-electron chi connectivity index (χ0n) is 20.7. The van der Waals surface area contributed by atoms with Crippen LogP contribution in [0.15, 0.2) is 39.5 Å². The highest BCUT2D eigenvalue weighted by Crippen LogP contribution is 2.58. The van der Waals surface area contributed by atoms with E-state index in [1.165, 1.54) is 6.39 Å². The van der Waals surface area contributed by atoms with Gasteiger partial charge in [0, 0.05) is 31.3 Å². The fraction of sp³-hybridized carbons (Fsp3) is 0.462. The number of anilines is 1. The summed E-state index contributed by atoms with van der Waals surface area (Å²) in [7, 11) is 5.44. The minimum Gasteiger partial charge on any atom is -0.509 e. The normalized spacial score (nSPS) is 31.7. The van der Waals surface area contributed by atoms with Crippen molar-refractivity contribution in [3.05, 3.63) is 46.3 Å². The molecule has 1 aromatic carbocycles. The molecular weight excluding hydrogens is 480 g/mol. The Hall–Kier alpha value is -3.70. The average Bonchev–Trinajstić information content (AvgIpc) is 3.46. The van der Waals surface area contributed by atoms with E-state index in [9.17, 15) is 29.7 Å². The van der Waals surface area contributed by atoms with E-state index < -0.39 is 57.5 Å². The van der Waals surface area contributed by atoms with Gasteiger partial charge in [0.05, 0.1) is 11.1 Å². The summed E-state index contributed by atoms with van der Waals surface area (Å²) in [5.74, 6) is -5.79. The molecule has 2 heterocycles. The number of ketones is 2. The molecule has 1 fully saturated rings. The molecule has 0 radical (unpaired) electrons. The van der Waals surface area contributed by atoms with Gasteiger partial charge in [0.15, 0.2) is 23.4 Å². The first kappa shape index (κ1) is 23.7. The van der Waals surface area contributed by atoms with Crippen LogP contribution in [0.4, 0.5) is 5.69 Å². The number of benzene rings is 1. The molecule has 1 saturated heterocycles. The highest BCUT2D eigenvalue weighted by atomic mass is 16.4. The molecular formula is C26H28N4O7. The zero-order chi connectivity index (χ0) is 26.6. The molecule has 6 rings (SSSR count). The van der Waals surface area contributed by atoms with Crippen molar-refractivity contribution in [1.82, 2.24) is 9.88 Å². The van der Waals surface area contributed by atoms with Gasteiger partial charge in [0.1, 0.15) is 22.6 Å². The van der Waals surface area contributed by atoms with Crippen LogP contribution in [0, 0.1) is 11.8 Å². The van der Waals surface area contributed by atoms with Gasteiger partial charge in [0.25, 0.3) is 5.91 Å². The molecule has 37 heavy (non-hydrogen) atoms. The maximum absolute atomic E-state index is 14.0. The topological polar surface area (TPSA) is 170 Å². The van der Waals surface area contributed by atoms with Gasteiger partial charge in [-0.2, -0.15) is 0 Å². The van der Waals surface area contributed by atoms with Crippen LogP contribution in [0.3, 0.4) is 0 Å². The number of hydrogen-bond acceptors (Lipinski definition) is 10. The second-order valence-corrected chi connectivity index (χ2v) is 10.8. The summed E-state index contributed by atoms with van der Waals surface area (Å²) in [6.07, 6.45) is 2.66. The summed E-state index contributed by atoms with van der Waals surface area (Å²) < 4.78 is 5.55. The van der Waals surface area contributed by atoms with Crippen LogP contribution in [0.2, 0.25) is 0 Å². The summed E-state index contributed by atoms with van der Waals surface area (Å²) in [5, 5.41) is 34.9. The fourth-order valence-electron chi connectivity index (χ4n) is 7.30. The Morgan fingerprint density at radius 1 is 1.27 bits per heavy atom. The Balaban J connectivity index is 1.63. The number of amides is 1. The van der Waals surface area contributed by atoms with E-state index in [0.717, 1.165) is 11.3 Å². The standard InChI is InChI=1S/C26H28N4O7/c1-29(2)14-9-13-20(37-10-28-13)17-12(14)7-11-8-15-25(5-4-6-30(25)3)21(32)18(24(27)35)23(34)26(15,36)22(33)16(11)19(17)31/h9-11,15,32-33,36H,4-8H2,1-3H3,(H2,27,35)/t11-,15-,25?,26-/m0/s1. The van der Waals surface area contributed by atoms with Crippen molar-refractivity contribution < 1.29 is 34.1 Å². The van der Waals surface area contributed by atoms with Crippen molar-refractivity contribution in [1.29, 1.82) is 0 Å². The van der Waals surface area contributed by atoms with Gasteiger partial charge >= 0.3 is 0 Å². The van der Waals surface area contributed by atoms with Gasteiger partial charge < -0.3 is 30.4 Å². The number of Topliss-reactive ketones (excluding diaryl/α,β-unsaturated/α-hetero) is 2. The minimum atomic E-state index is -2.60. The number of aliphatic hydroxyl groups excluding tert-OH is 2. The summed E-state index contributed by atoms with van der Waals surface area (Å²) in [6.45, 7) is 0.537. The Morgan fingerprint density at radius 2 is 2.00 bits per heavy atom. The molecule has 5 N–H and O–H groups in total. The first-order valence-corrected chi connectivity index (χ1v) is 12.2. The molecule has 1 aliphatic heterocycles. The second-order valence-electron chi connectivity index (χ2n) is 10.8. The lowest BCUT2D eigenvalue weighted by Crippen LogP contribution is -2.68. The van der Waals surface area contributed by atoms with E-state index in [4.69, 9.17) is 10.2 Å². The largest absolute Gasteiger partial charge is 0.509 e. The van der Waals surface area contributed by atoms with Crippen molar-refractivity contribution in [2.45, 2.75) is 36.8 Å². The van der Waals surface area contributed by atoms with Gasteiger partial charge in [0.2, 0.25) is 5.78 Å². The molecule has 4 aliphatic rings. The molecule has 1 unspecified atom stereocenters. The summed E-state index contributed by atoms with van der Waals surface area (Å²) in [4.78, 5) is 47.8. The van der Waals surface area contributed by atoms with E-state index in [0.29, 0.717) is 31.3 Å². The van der Waals surface area contributed by atoms with E-state index in [1.54, 1.807) is 11.9 Å². The number of aromatic nitrogens is 1. The maximum atomic E-state index is 14.0. The smallest absolute Gasteiger partial charge is 0.255 e. The molecule has 1 amide bonds. The number of oxazole rings is 1. The van der Waals surface area contributed by atoms with Crippen LogP contribution < -0.4 is 10.6 Å². The molecule has 4 atom stereocenters. The Morgan fingerprint density at radius 3 is 2.62 bits per heavy atom. The van der Waals surface area contributed by atoms with Gasteiger partial charge in [-0.1, -0.05) is 0 Å². The SMILES string of the molecule is CN(C)c1cc2ncoc2c2c1C[C@H]1C[C@H]3C4(CCCN4C)C(O)=C(C(N)=O)C(=O)[C@@]3(O)C(O)=C1C2=O. The lowest BCUT2D eigenvalue weighted by atomic mass is 9.54. The number of rotatable bonds is 2. The van der Waals surface area contributed by atoms with Crippen molar-refractivity contribution in [2.24, 2.45) is 17.6 Å². The van der Waals surface area contributed by atoms with Crippen molar-refractivity contribution in [3.63, 3.8) is 0 Å². The number of carbonyl (C=O) groups is 3. The number of likely N-dealkylation sites (tertiary alicyclic amines) is 1. The Labute approximate surface area is 211 Å². The molecule has 1 aromatic heterocycles. The maximum Gasteiger partial charge on any atom is 0.255 e. The van der Waals surface area contributed by atoms with Crippen molar-refractivity contribution >= 4 is 34.3 Å². The Kier molecular flexibility index (Phi) is 4.75. The number of aliphatic hydroxyl groups is 3. The van der Waals surface area contributed by atoms with E-state index in [2.05, 4.69) is 4.98 Å². The van der Waals surface area contributed by atoms with Crippen LogP contribution in [0.1, 0.15) is 35.2 Å². The first-order chi connectivity index (χ1) is 17.5. The van der Waals surface area contributed by atoms with Crippen molar-refractivity contribution in [3.8, 4) is 0 Å². The minimum absolute atomic E-state index is 0.0887. The lowest BCUT2D eigenvalue weighted by Gasteiger charge is -2.55. The number of nitrogens with zero attached hydrogens (tertiary/aromatic N) is 3. The molecule has 3 aliphatic carbocycles. The van der Waals surface area contributed by atoms with E-state index >= 15 is 0 Å².